The molecule has 0 aliphatic carbocycles. The van der Waals surface area contributed by atoms with Gasteiger partial charge >= 0.3 is 5.97 Å². The third-order valence-electron chi connectivity index (χ3n) is 6.36. The molecule has 0 unspecified atom stereocenters. The van der Waals surface area contributed by atoms with Crippen molar-refractivity contribution in [1.82, 2.24) is 0 Å². The number of amides is 2. The second kappa shape index (κ2) is 12.4. The molecule has 0 aromatic heterocycles. The number of carbonyl (C=O) groups excluding carboxylic acids is 2. The molecule has 7 nitrogen and oxygen atoms in total. The standard InChI is InChI=1S/C34H26N2O5/c37-32(36-26-11-8-12-27(21-26)41-22-23-9-2-1-3-10-23)24-17-19-25(20-18-24)35-33(38)30-15-6-4-13-28(30)29-14-5-7-16-31(29)34(39)40/h1-21H,22H2,(H,35,38)(H,36,37)(H,39,40). The number of hydrogen-bond acceptors (Lipinski definition) is 4. The molecule has 0 saturated heterocycles. The molecule has 0 bridgehead atoms. The number of ether oxygens (including phenoxy) is 1. The van der Waals surface area contributed by atoms with Gasteiger partial charge in [0, 0.05) is 28.6 Å². The van der Waals surface area contributed by atoms with Gasteiger partial charge < -0.3 is 20.5 Å². The second-order valence-corrected chi connectivity index (χ2v) is 9.18. The first-order valence-electron chi connectivity index (χ1n) is 12.9. The van der Waals surface area contributed by atoms with Crippen molar-refractivity contribution < 1.29 is 24.2 Å². The summed E-state index contributed by atoms with van der Waals surface area (Å²) < 4.78 is 5.84. The summed E-state index contributed by atoms with van der Waals surface area (Å²) in [5, 5.41) is 15.3. The molecule has 5 rings (SSSR count). The van der Waals surface area contributed by atoms with Crippen molar-refractivity contribution >= 4 is 29.2 Å². The molecule has 0 aliphatic heterocycles. The highest BCUT2D eigenvalue weighted by Crippen LogP contribution is 2.28. The molecule has 3 N–H and O–H groups in total. The van der Waals surface area contributed by atoms with Crippen LogP contribution in [0.3, 0.4) is 0 Å². The highest BCUT2D eigenvalue weighted by atomic mass is 16.5. The number of carboxylic acids is 1. The molecule has 0 aliphatic rings. The Bertz CT molecular complexity index is 1700. The van der Waals surface area contributed by atoms with Crippen LogP contribution in [0.5, 0.6) is 5.75 Å². The van der Waals surface area contributed by atoms with Crippen molar-refractivity contribution in [3.8, 4) is 16.9 Å². The van der Waals surface area contributed by atoms with Gasteiger partial charge in [-0.1, -0.05) is 72.8 Å². The topological polar surface area (TPSA) is 105 Å². The average molecular weight is 543 g/mol. The Hall–Kier alpha value is -5.69. The fraction of sp³-hybridized carbons (Fsp3) is 0.0294. The molecular formula is C34H26N2O5. The van der Waals surface area contributed by atoms with Gasteiger partial charge in [0.15, 0.2) is 0 Å². The zero-order valence-corrected chi connectivity index (χ0v) is 21.9. The number of anilines is 2. The summed E-state index contributed by atoms with van der Waals surface area (Å²) in [6, 6.07) is 36.9. The van der Waals surface area contributed by atoms with E-state index in [-0.39, 0.29) is 11.5 Å². The van der Waals surface area contributed by atoms with E-state index in [9.17, 15) is 19.5 Å². The minimum absolute atomic E-state index is 0.108. The molecule has 0 spiro atoms. The summed E-state index contributed by atoms with van der Waals surface area (Å²) in [4.78, 5) is 37.8. The van der Waals surface area contributed by atoms with E-state index < -0.39 is 11.9 Å². The van der Waals surface area contributed by atoms with E-state index in [1.54, 1.807) is 84.9 Å². The quantitative estimate of drug-likeness (QED) is 0.184. The van der Waals surface area contributed by atoms with Gasteiger partial charge in [-0.15, -0.1) is 0 Å². The number of rotatable bonds is 9. The Morgan fingerprint density at radius 2 is 1.20 bits per heavy atom. The van der Waals surface area contributed by atoms with Crippen LogP contribution in [0.15, 0.2) is 127 Å². The van der Waals surface area contributed by atoms with E-state index in [0.29, 0.717) is 46.0 Å². The Morgan fingerprint density at radius 1 is 0.585 bits per heavy atom. The van der Waals surface area contributed by atoms with Crippen LogP contribution in [0.4, 0.5) is 11.4 Å². The molecule has 7 heteroatoms. The van der Waals surface area contributed by atoms with E-state index in [4.69, 9.17) is 4.74 Å². The van der Waals surface area contributed by atoms with Crippen molar-refractivity contribution in [3.05, 3.63) is 150 Å². The number of benzene rings is 5. The lowest BCUT2D eigenvalue weighted by Crippen LogP contribution is -2.15. The highest BCUT2D eigenvalue weighted by Gasteiger charge is 2.18. The van der Waals surface area contributed by atoms with E-state index in [1.807, 2.05) is 36.4 Å². The summed E-state index contributed by atoms with van der Waals surface area (Å²) in [5.74, 6) is -1.14. The van der Waals surface area contributed by atoms with Gasteiger partial charge in [-0.2, -0.15) is 0 Å². The van der Waals surface area contributed by atoms with Gasteiger partial charge in [-0.05, 0) is 65.2 Å². The van der Waals surface area contributed by atoms with E-state index >= 15 is 0 Å². The zero-order valence-electron chi connectivity index (χ0n) is 21.9. The van der Waals surface area contributed by atoms with Crippen LogP contribution in [-0.4, -0.2) is 22.9 Å². The molecular weight excluding hydrogens is 516 g/mol. The molecule has 0 saturated carbocycles. The predicted molar refractivity (Wildman–Crippen MR) is 158 cm³/mol. The summed E-state index contributed by atoms with van der Waals surface area (Å²) in [6.07, 6.45) is 0. The SMILES string of the molecule is O=C(Nc1cccc(OCc2ccccc2)c1)c1ccc(NC(=O)c2ccccc2-c2ccccc2C(=O)O)cc1. The molecule has 0 fully saturated rings. The third-order valence-corrected chi connectivity index (χ3v) is 6.36. The van der Waals surface area contributed by atoms with E-state index in [2.05, 4.69) is 10.6 Å². The highest BCUT2D eigenvalue weighted by molar-refractivity contribution is 6.10. The number of nitrogens with one attached hydrogen (secondary N) is 2. The first-order valence-corrected chi connectivity index (χ1v) is 12.9. The molecule has 202 valence electrons. The molecule has 0 atom stereocenters. The first-order chi connectivity index (χ1) is 20.0. The van der Waals surface area contributed by atoms with E-state index in [1.165, 1.54) is 6.07 Å². The van der Waals surface area contributed by atoms with Crippen LogP contribution in [0.2, 0.25) is 0 Å². The second-order valence-electron chi connectivity index (χ2n) is 9.18. The summed E-state index contributed by atoms with van der Waals surface area (Å²) in [5.41, 5.74) is 3.94. The van der Waals surface area contributed by atoms with Gasteiger partial charge in [0.2, 0.25) is 0 Å². The number of carboxylic acid groups (broad SMARTS) is 1. The average Bonchev–Trinajstić information content (AvgIpc) is 3.01. The monoisotopic (exact) mass is 542 g/mol. The Morgan fingerprint density at radius 3 is 1.90 bits per heavy atom. The van der Waals surface area contributed by atoms with Crippen LogP contribution < -0.4 is 15.4 Å². The summed E-state index contributed by atoms with van der Waals surface area (Å²) >= 11 is 0. The van der Waals surface area contributed by atoms with Crippen LogP contribution in [0.25, 0.3) is 11.1 Å². The van der Waals surface area contributed by atoms with Gasteiger partial charge in [0.05, 0.1) is 5.56 Å². The minimum atomic E-state index is -1.07. The Kier molecular flexibility index (Phi) is 8.16. The maximum absolute atomic E-state index is 13.2. The summed E-state index contributed by atoms with van der Waals surface area (Å²) in [7, 11) is 0. The Labute approximate surface area is 237 Å². The van der Waals surface area contributed by atoms with Crippen molar-refractivity contribution in [3.63, 3.8) is 0 Å². The maximum atomic E-state index is 13.2. The molecule has 5 aromatic rings. The molecule has 5 aromatic carbocycles. The lowest BCUT2D eigenvalue weighted by Gasteiger charge is -2.13. The van der Waals surface area contributed by atoms with Gasteiger partial charge in [0.25, 0.3) is 11.8 Å². The number of hydrogen-bond donors (Lipinski definition) is 3. The van der Waals surface area contributed by atoms with Crippen LogP contribution in [0.1, 0.15) is 36.6 Å². The largest absolute Gasteiger partial charge is 0.489 e. The number of aromatic carboxylic acids is 1. The van der Waals surface area contributed by atoms with Crippen molar-refractivity contribution in [1.29, 1.82) is 0 Å². The Balaban J connectivity index is 1.24. The van der Waals surface area contributed by atoms with E-state index in [0.717, 1.165) is 5.56 Å². The lowest BCUT2D eigenvalue weighted by molar-refractivity contribution is 0.0697. The van der Waals surface area contributed by atoms with Gasteiger partial charge in [0.1, 0.15) is 12.4 Å². The zero-order chi connectivity index (χ0) is 28.6. The maximum Gasteiger partial charge on any atom is 0.336 e. The summed E-state index contributed by atoms with van der Waals surface area (Å²) in [6.45, 7) is 0.419. The third kappa shape index (κ3) is 6.66. The lowest BCUT2D eigenvalue weighted by atomic mass is 9.95. The smallest absolute Gasteiger partial charge is 0.336 e. The first kappa shape index (κ1) is 26.9. The van der Waals surface area contributed by atoms with Crippen LogP contribution >= 0.6 is 0 Å². The minimum Gasteiger partial charge on any atom is -0.489 e. The molecule has 0 radical (unpaired) electrons. The van der Waals surface area contributed by atoms with Gasteiger partial charge in [-0.3, -0.25) is 9.59 Å². The van der Waals surface area contributed by atoms with Crippen molar-refractivity contribution in [2.75, 3.05) is 10.6 Å². The van der Waals surface area contributed by atoms with Crippen LogP contribution in [0, 0.1) is 0 Å². The molecule has 41 heavy (non-hydrogen) atoms. The molecule has 0 heterocycles. The molecule has 2 amide bonds. The van der Waals surface area contributed by atoms with Crippen molar-refractivity contribution in [2.24, 2.45) is 0 Å². The van der Waals surface area contributed by atoms with Crippen LogP contribution in [-0.2, 0) is 6.61 Å². The fourth-order valence-electron chi connectivity index (χ4n) is 4.33. The fourth-order valence-corrected chi connectivity index (χ4v) is 4.33. The normalized spacial score (nSPS) is 10.4. The van der Waals surface area contributed by atoms with Gasteiger partial charge in [-0.25, -0.2) is 4.79 Å². The predicted octanol–water partition coefficient (Wildman–Crippen LogP) is 7.14. The number of carbonyl (C=O) groups is 3. The van der Waals surface area contributed by atoms with Crippen molar-refractivity contribution in [2.45, 2.75) is 6.61 Å².